The molecule has 6 nitrogen and oxygen atoms in total. The van der Waals surface area contributed by atoms with Gasteiger partial charge in [-0.2, -0.15) is 0 Å². The zero-order valence-corrected chi connectivity index (χ0v) is 13.9. The number of methoxy groups -OCH3 is 2. The van der Waals surface area contributed by atoms with Gasteiger partial charge in [0, 0.05) is 10.7 Å². The molecule has 0 spiro atoms. The van der Waals surface area contributed by atoms with E-state index in [1.54, 1.807) is 43.5 Å². The van der Waals surface area contributed by atoms with E-state index >= 15 is 0 Å². The molecule has 0 bridgehead atoms. The number of ether oxygens (including phenoxy) is 3. The fraction of sp³-hybridized carbons (Fsp3) is 0.176. The van der Waals surface area contributed by atoms with Gasteiger partial charge in [0.05, 0.1) is 14.2 Å². The summed E-state index contributed by atoms with van der Waals surface area (Å²) in [6.07, 6.45) is 0. The van der Waals surface area contributed by atoms with Crippen molar-refractivity contribution < 1.29 is 23.8 Å². The molecule has 2 aromatic rings. The van der Waals surface area contributed by atoms with Gasteiger partial charge in [0.15, 0.2) is 6.61 Å². The molecule has 24 heavy (non-hydrogen) atoms. The van der Waals surface area contributed by atoms with Gasteiger partial charge in [-0.25, -0.2) is 4.79 Å². The van der Waals surface area contributed by atoms with Crippen LogP contribution in [0.4, 0.5) is 5.69 Å². The van der Waals surface area contributed by atoms with Crippen LogP contribution in [0.1, 0.15) is 10.4 Å². The molecule has 0 aromatic heterocycles. The lowest BCUT2D eigenvalue weighted by molar-refractivity contribution is -0.119. The third kappa shape index (κ3) is 4.63. The highest BCUT2D eigenvalue weighted by molar-refractivity contribution is 6.31. The van der Waals surface area contributed by atoms with Gasteiger partial charge in [0.1, 0.15) is 17.1 Å². The lowest BCUT2D eigenvalue weighted by Gasteiger charge is -2.10. The number of rotatable bonds is 6. The fourth-order valence-corrected chi connectivity index (χ4v) is 2.09. The number of amides is 1. The summed E-state index contributed by atoms with van der Waals surface area (Å²) in [5.74, 6) is -0.166. The Morgan fingerprint density at radius 3 is 2.38 bits per heavy atom. The summed E-state index contributed by atoms with van der Waals surface area (Å²) in [7, 11) is 2.98. The Balaban J connectivity index is 1.93. The highest BCUT2D eigenvalue weighted by Crippen LogP contribution is 2.23. The van der Waals surface area contributed by atoms with Gasteiger partial charge in [0.2, 0.25) is 0 Å². The van der Waals surface area contributed by atoms with Crippen LogP contribution in [0.15, 0.2) is 42.5 Å². The maximum Gasteiger partial charge on any atom is 0.342 e. The first kappa shape index (κ1) is 17.6. The quantitative estimate of drug-likeness (QED) is 0.811. The van der Waals surface area contributed by atoms with Crippen molar-refractivity contribution in [3.8, 4) is 11.5 Å². The molecule has 1 amide bonds. The topological polar surface area (TPSA) is 73.9 Å². The van der Waals surface area contributed by atoms with E-state index < -0.39 is 18.5 Å². The number of halogens is 1. The lowest BCUT2D eigenvalue weighted by atomic mass is 10.2. The number of anilines is 1. The van der Waals surface area contributed by atoms with Crippen LogP contribution in [0.2, 0.25) is 5.02 Å². The van der Waals surface area contributed by atoms with Gasteiger partial charge in [-0.3, -0.25) is 4.79 Å². The molecule has 0 saturated heterocycles. The van der Waals surface area contributed by atoms with Crippen molar-refractivity contribution in [3.05, 3.63) is 53.1 Å². The van der Waals surface area contributed by atoms with Gasteiger partial charge in [0.25, 0.3) is 5.91 Å². The van der Waals surface area contributed by atoms with Crippen LogP contribution in [-0.2, 0) is 9.53 Å². The molecule has 0 aliphatic carbocycles. The van der Waals surface area contributed by atoms with Crippen molar-refractivity contribution in [3.63, 3.8) is 0 Å². The van der Waals surface area contributed by atoms with Crippen LogP contribution in [0, 0.1) is 0 Å². The largest absolute Gasteiger partial charge is 0.497 e. The highest BCUT2D eigenvalue weighted by Gasteiger charge is 2.16. The first-order valence-electron chi connectivity index (χ1n) is 6.98. The maximum atomic E-state index is 12.1. The van der Waals surface area contributed by atoms with Crippen molar-refractivity contribution in [2.45, 2.75) is 0 Å². The lowest BCUT2D eigenvalue weighted by Crippen LogP contribution is -2.21. The predicted molar refractivity (Wildman–Crippen MR) is 89.9 cm³/mol. The first-order valence-corrected chi connectivity index (χ1v) is 7.36. The van der Waals surface area contributed by atoms with E-state index in [1.165, 1.54) is 13.2 Å². The molecule has 0 heterocycles. The molecular weight excluding hydrogens is 334 g/mol. The number of esters is 1. The number of nitrogens with one attached hydrogen (secondary N) is 1. The fourth-order valence-electron chi connectivity index (χ4n) is 1.92. The summed E-state index contributed by atoms with van der Waals surface area (Å²) < 4.78 is 15.1. The molecular formula is C17H16ClNO5. The number of hydrogen-bond acceptors (Lipinski definition) is 5. The zero-order chi connectivity index (χ0) is 17.5. The third-order valence-electron chi connectivity index (χ3n) is 3.09. The Bertz CT molecular complexity index is 730. The van der Waals surface area contributed by atoms with Crippen molar-refractivity contribution in [2.75, 3.05) is 26.1 Å². The minimum Gasteiger partial charge on any atom is -0.497 e. The SMILES string of the molecule is COc1ccc(NC(=O)COC(=O)c2cc(Cl)ccc2OC)cc1. The maximum absolute atomic E-state index is 12.1. The summed E-state index contributed by atoms with van der Waals surface area (Å²) in [5, 5.41) is 2.98. The Hall–Kier alpha value is -2.73. The second kappa shape index (κ2) is 8.21. The minimum absolute atomic E-state index is 0.155. The number of benzene rings is 2. The molecule has 0 unspecified atom stereocenters. The van der Waals surface area contributed by atoms with Crippen LogP contribution in [0.25, 0.3) is 0 Å². The average Bonchev–Trinajstić information content (AvgIpc) is 2.60. The Morgan fingerprint density at radius 2 is 1.75 bits per heavy atom. The van der Waals surface area contributed by atoms with Gasteiger partial charge >= 0.3 is 5.97 Å². The van der Waals surface area contributed by atoms with Crippen molar-refractivity contribution in [2.24, 2.45) is 0 Å². The van der Waals surface area contributed by atoms with Crippen LogP contribution in [0.3, 0.4) is 0 Å². The number of carbonyl (C=O) groups excluding carboxylic acids is 2. The van der Waals surface area contributed by atoms with Crippen molar-refractivity contribution in [1.29, 1.82) is 0 Å². The Morgan fingerprint density at radius 1 is 1.04 bits per heavy atom. The Kier molecular flexibility index (Phi) is 6.03. The standard InChI is InChI=1S/C17H16ClNO5/c1-22-13-6-4-12(5-7-13)19-16(20)10-24-17(21)14-9-11(18)3-8-15(14)23-2/h3-9H,10H2,1-2H3,(H,19,20). The Labute approximate surface area is 144 Å². The van der Waals surface area contributed by atoms with Crippen LogP contribution in [-0.4, -0.2) is 32.7 Å². The highest BCUT2D eigenvalue weighted by atomic mass is 35.5. The van der Waals surface area contributed by atoms with Crippen molar-refractivity contribution in [1.82, 2.24) is 0 Å². The van der Waals surface area contributed by atoms with Gasteiger partial charge < -0.3 is 19.5 Å². The average molecular weight is 350 g/mol. The normalized spacial score (nSPS) is 9.96. The molecule has 2 rings (SSSR count). The van der Waals surface area contributed by atoms with Crippen LogP contribution in [0.5, 0.6) is 11.5 Å². The molecule has 0 radical (unpaired) electrons. The van der Waals surface area contributed by atoms with E-state index in [0.29, 0.717) is 22.2 Å². The molecule has 0 saturated carbocycles. The predicted octanol–water partition coefficient (Wildman–Crippen LogP) is 3.15. The van der Waals surface area contributed by atoms with Crippen LogP contribution < -0.4 is 14.8 Å². The summed E-state index contributed by atoms with van der Waals surface area (Å²) in [6.45, 7) is -0.430. The van der Waals surface area contributed by atoms with E-state index in [1.807, 2.05) is 0 Å². The van der Waals surface area contributed by atoms with Gasteiger partial charge in [-0.1, -0.05) is 11.6 Å². The van der Waals surface area contributed by atoms with E-state index in [2.05, 4.69) is 5.32 Å². The summed E-state index contributed by atoms with van der Waals surface area (Å²) in [4.78, 5) is 23.9. The van der Waals surface area contributed by atoms with E-state index in [9.17, 15) is 9.59 Å². The molecule has 0 fully saturated rings. The van der Waals surface area contributed by atoms with Gasteiger partial charge in [-0.15, -0.1) is 0 Å². The summed E-state index contributed by atoms with van der Waals surface area (Å²) >= 11 is 5.86. The summed E-state index contributed by atoms with van der Waals surface area (Å²) in [5.41, 5.74) is 0.722. The molecule has 0 aliphatic heterocycles. The smallest absolute Gasteiger partial charge is 0.342 e. The molecule has 126 valence electrons. The van der Waals surface area contributed by atoms with Crippen molar-refractivity contribution >= 4 is 29.2 Å². The molecule has 7 heteroatoms. The number of carbonyl (C=O) groups is 2. The number of hydrogen-bond donors (Lipinski definition) is 1. The third-order valence-corrected chi connectivity index (χ3v) is 3.32. The van der Waals surface area contributed by atoms with Gasteiger partial charge in [-0.05, 0) is 42.5 Å². The minimum atomic E-state index is -0.695. The second-order valence-corrected chi connectivity index (χ2v) is 5.13. The monoisotopic (exact) mass is 349 g/mol. The second-order valence-electron chi connectivity index (χ2n) is 4.70. The van der Waals surface area contributed by atoms with E-state index in [-0.39, 0.29) is 5.56 Å². The molecule has 2 aromatic carbocycles. The molecule has 0 atom stereocenters. The van der Waals surface area contributed by atoms with E-state index in [0.717, 1.165) is 0 Å². The zero-order valence-electron chi connectivity index (χ0n) is 13.2. The van der Waals surface area contributed by atoms with Crippen LogP contribution >= 0.6 is 11.6 Å². The van der Waals surface area contributed by atoms with E-state index in [4.69, 9.17) is 25.8 Å². The molecule has 1 N–H and O–H groups in total. The molecule has 0 aliphatic rings. The first-order chi connectivity index (χ1) is 11.5. The summed E-state index contributed by atoms with van der Waals surface area (Å²) in [6, 6.07) is 11.3.